The number of nitrogens with zero attached hydrogens (tertiary/aromatic N) is 2. The van der Waals surface area contributed by atoms with Crippen LogP contribution in [0.4, 0.5) is 4.79 Å². The number of pyridine rings is 1. The zero-order valence-electron chi connectivity index (χ0n) is 27.7. The topological polar surface area (TPSA) is 78.2 Å². The molecule has 1 aromatic heterocycles. The van der Waals surface area contributed by atoms with Crippen molar-refractivity contribution in [3.63, 3.8) is 0 Å². The number of hydrogen-bond acceptors (Lipinski definition) is 6. The van der Waals surface area contributed by atoms with Crippen LogP contribution < -0.4 is 42.8 Å². The Kier molecular flexibility index (Phi) is 21.3. The van der Waals surface area contributed by atoms with E-state index >= 15 is 0 Å². The summed E-state index contributed by atoms with van der Waals surface area (Å²) in [6.07, 6.45) is 19.6. The van der Waals surface area contributed by atoms with Gasteiger partial charge in [0.2, 0.25) is 11.7 Å². The number of unbranched alkanes of at least 4 members (excludes halogenated alkanes) is 11. The maximum atomic E-state index is 12.9. The molecule has 0 radical (unpaired) electrons. The molecular weight excluding hydrogens is 671 g/mol. The lowest BCUT2D eigenvalue weighted by Crippen LogP contribution is -3.00. The SMILES string of the molecule is CCCCCCCCCCCCCCOc1c(OC)cc(COC(=O)N(Cc2ccc[n+](CCC)c2)C(C)=O)cc1OC.[I-]. The summed E-state index contributed by atoms with van der Waals surface area (Å²) < 4.78 is 24.8. The molecule has 0 atom stereocenters. The molecule has 0 aliphatic carbocycles. The largest absolute Gasteiger partial charge is 1.00 e. The van der Waals surface area contributed by atoms with Crippen molar-refractivity contribution in [2.45, 2.75) is 124 Å². The minimum Gasteiger partial charge on any atom is -1.00 e. The minimum absolute atomic E-state index is 0. The molecule has 0 aliphatic rings. The Morgan fingerprint density at radius 1 is 0.795 bits per heavy atom. The number of rotatable bonds is 22. The molecule has 8 nitrogen and oxygen atoms in total. The Bertz CT molecular complexity index is 1070. The Morgan fingerprint density at radius 2 is 1.36 bits per heavy atom. The molecule has 0 saturated carbocycles. The molecule has 0 spiro atoms. The van der Waals surface area contributed by atoms with Crippen molar-refractivity contribution >= 4 is 12.0 Å². The molecule has 0 unspecified atom stereocenters. The number of aromatic nitrogens is 1. The summed E-state index contributed by atoms with van der Waals surface area (Å²) in [5.41, 5.74) is 1.52. The van der Waals surface area contributed by atoms with Crippen molar-refractivity contribution in [2.24, 2.45) is 0 Å². The summed E-state index contributed by atoms with van der Waals surface area (Å²) in [6, 6.07) is 7.35. The summed E-state index contributed by atoms with van der Waals surface area (Å²) in [5, 5.41) is 0. The van der Waals surface area contributed by atoms with Gasteiger partial charge in [0.15, 0.2) is 23.9 Å². The standard InChI is InChI=1S/C35H55N2O6.HI/c1-6-8-9-10-11-12-13-14-15-16-17-18-23-42-34-32(40-4)24-31(25-33(34)41-5)28-43-35(39)37(29(3)38)27-30-20-19-22-36(26-30)21-7-2;/h19-20,22,24-26H,6-18,21,23,27-28H2,1-5H3;1H/q+1;/p-1. The third-order valence-electron chi connectivity index (χ3n) is 7.47. The molecule has 2 rings (SSSR count). The van der Waals surface area contributed by atoms with Gasteiger partial charge in [0.25, 0.3) is 0 Å². The van der Waals surface area contributed by atoms with Crippen molar-refractivity contribution in [3.8, 4) is 17.2 Å². The lowest BCUT2D eigenvalue weighted by atomic mass is 10.1. The molecule has 0 N–H and O–H groups in total. The maximum Gasteiger partial charge on any atom is 0.417 e. The first-order valence-corrected chi connectivity index (χ1v) is 16.2. The zero-order valence-corrected chi connectivity index (χ0v) is 29.9. The van der Waals surface area contributed by atoms with E-state index in [9.17, 15) is 9.59 Å². The highest BCUT2D eigenvalue weighted by Gasteiger charge is 2.22. The van der Waals surface area contributed by atoms with Crippen molar-refractivity contribution in [1.82, 2.24) is 4.90 Å². The monoisotopic (exact) mass is 726 g/mol. The van der Waals surface area contributed by atoms with Gasteiger partial charge in [-0.05, 0) is 30.2 Å². The average molecular weight is 727 g/mol. The lowest BCUT2D eigenvalue weighted by molar-refractivity contribution is -0.697. The van der Waals surface area contributed by atoms with Crippen molar-refractivity contribution in [1.29, 1.82) is 0 Å². The third-order valence-corrected chi connectivity index (χ3v) is 7.47. The van der Waals surface area contributed by atoms with Crippen LogP contribution >= 0.6 is 0 Å². The van der Waals surface area contributed by atoms with Gasteiger partial charge in [0.05, 0.1) is 27.4 Å². The molecular formula is C35H55IN2O6. The van der Waals surface area contributed by atoms with Crippen molar-refractivity contribution in [3.05, 3.63) is 47.8 Å². The average Bonchev–Trinajstić information content (AvgIpc) is 3.01. The van der Waals surface area contributed by atoms with E-state index in [4.69, 9.17) is 18.9 Å². The number of amides is 2. The van der Waals surface area contributed by atoms with E-state index < -0.39 is 6.09 Å². The molecule has 44 heavy (non-hydrogen) atoms. The van der Waals surface area contributed by atoms with Gasteiger partial charge in [0, 0.05) is 25.0 Å². The molecule has 1 aromatic carbocycles. The van der Waals surface area contributed by atoms with Crippen molar-refractivity contribution < 1.29 is 57.1 Å². The van der Waals surface area contributed by atoms with Gasteiger partial charge < -0.3 is 42.9 Å². The van der Waals surface area contributed by atoms with Crippen LogP contribution in [0.15, 0.2) is 36.7 Å². The van der Waals surface area contributed by atoms with E-state index in [0.717, 1.165) is 36.3 Å². The number of benzene rings is 1. The summed E-state index contributed by atoms with van der Waals surface area (Å²) in [4.78, 5) is 26.3. The number of halogens is 1. The predicted molar refractivity (Wildman–Crippen MR) is 169 cm³/mol. The Hall–Kier alpha value is -2.56. The summed E-state index contributed by atoms with van der Waals surface area (Å²) in [6.45, 7) is 7.25. The zero-order chi connectivity index (χ0) is 31.3. The summed E-state index contributed by atoms with van der Waals surface area (Å²) >= 11 is 0. The van der Waals surface area contributed by atoms with Crippen molar-refractivity contribution in [2.75, 3.05) is 20.8 Å². The highest BCUT2D eigenvalue weighted by atomic mass is 127. The second-order valence-corrected chi connectivity index (χ2v) is 11.2. The van der Waals surface area contributed by atoms with Gasteiger partial charge in [-0.3, -0.25) is 4.79 Å². The lowest BCUT2D eigenvalue weighted by Gasteiger charge is -2.19. The molecule has 9 heteroatoms. The third kappa shape index (κ3) is 14.9. The van der Waals surface area contributed by atoms with E-state index in [1.807, 2.05) is 29.1 Å². The number of imide groups is 1. The molecule has 0 bridgehead atoms. The smallest absolute Gasteiger partial charge is 0.417 e. The fourth-order valence-electron chi connectivity index (χ4n) is 5.05. The number of carbonyl (C=O) groups excluding carboxylic acids is 2. The predicted octanol–water partition coefficient (Wildman–Crippen LogP) is 5.17. The quantitative estimate of drug-likeness (QED) is 0.0948. The second-order valence-electron chi connectivity index (χ2n) is 11.2. The van der Waals surface area contributed by atoms with E-state index in [1.54, 1.807) is 26.4 Å². The normalized spacial score (nSPS) is 10.6. The number of aryl methyl sites for hydroxylation is 1. The first-order chi connectivity index (χ1) is 20.9. The first kappa shape index (κ1) is 39.5. The molecule has 0 saturated heterocycles. The fraction of sp³-hybridized carbons (Fsp3) is 0.629. The molecule has 2 amide bonds. The summed E-state index contributed by atoms with van der Waals surface area (Å²) in [5.74, 6) is 1.18. The highest BCUT2D eigenvalue weighted by molar-refractivity contribution is 5.90. The van der Waals surface area contributed by atoms with Gasteiger partial charge in [-0.25, -0.2) is 14.3 Å². The van der Waals surface area contributed by atoms with Gasteiger partial charge in [-0.15, -0.1) is 0 Å². The maximum absolute atomic E-state index is 12.9. The molecule has 2 aromatic rings. The number of hydrogen-bond donors (Lipinski definition) is 0. The Labute approximate surface area is 282 Å². The fourth-order valence-corrected chi connectivity index (χ4v) is 5.05. The Balaban J connectivity index is 0.00000968. The molecule has 0 aliphatic heterocycles. The minimum atomic E-state index is -0.705. The van der Waals surface area contributed by atoms with Crippen LogP contribution in [0.3, 0.4) is 0 Å². The molecule has 0 fully saturated rings. The van der Waals surface area contributed by atoms with Gasteiger partial charge >= 0.3 is 6.09 Å². The number of methoxy groups -OCH3 is 2. The van der Waals surface area contributed by atoms with Crippen LogP contribution in [0.2, 0.25) is 0 Å². The van der Waals surface area contributed by atoms with Gasteiger partial charge in [-0.2, -0.15) is 0 Å². The van der Waals surface area contributed by atoms with Crippen LogP contribution in [0.5, 0.6) is 17.2 Å². The summed E-state index contributed by atoms with van der Waals surface area (Å²) in [7, 11) is 3.15. The van der Waals surface area contributed by atoms with Crippen LogP contribution in [-0.4, -0.2) is 37.7 Å². The van der Waals surface area contributed by atoms with E-state index in [2.05, 4.69) is 13.8 Å². The molecule has 248 valence electrons. The van der Waals surface area contributed by atoms with Crippen LogP contribution in [-0.2, 0) is 29.2 Å². The first-order valence-electron chi connectivity index (χ1n) is 16.2. The van der Waals surface area contributed by atoms with E-state index in [1.165, 1.54) is 71.1 Å². The number of ether oxygens (including phenoxy) is 4. The molecule has 1 heterocycles. The Morgan fingerprint density at radius 3 is 1.89 bits per heavy atom. The van der Waals surface area contributed by atoms with E-state index in [0.29, 0.717) is 29.4 Å². The van der Waals surface area contributed by atoms with Gasteiger partial charge in [0.1, 0.15) is 13.2 Å². The van der Waals surface area contributed by atoms with Crippen LogP contribution in [0.25, 0.3) is 0 Å². The van der Waals surface area contributed by atoms with Crippen LogP contribution in [0.1, 0.15) is 115 Å². The number of carbonyl (C=O) groups is 2. The van der Waals surface area contributed by atoms with E-state index in [-0.39, 0.29) is 43.0 Å². The van der Waals surface area contributed by atoms with Gasteiger partial charge in [-0.1, -0.05) is 84.5 Å². The highest BCUT2D eigenvalue weighted by Crippen LogP contribution is 2.39. The second kappa shape index (κ2) is 23.8. The van der Waals surface area contributed by atoms with Crippen LogP contribution in [0, 0.1) is 0 Å².